The topological polar surface area (TPSA) is 40.5 Å². The molecule has 0 unspecified atom stereocenters. The van der Waals surface area contributed by atoms with Gasteiger partial charge in [-0.05, 0) is 43.9 Å². The van der Waals surface area contributed by atoms with Crippen molar-refractivity contribution in [2.75, 3.05) is 13.2 Å². The van der Waals surface area contributed by atoms with Crippen molar-refractivity contribution in [1.82, 2.24) is 0 Å². The predicted molar refractivity (Wildman–Crippen MR) is 58.2 cm³/mol. The maximum absolute atomic E-state index is 8.73. The van der Waals surface area contributed by atoms with E-state index in [0.717, 1.165) is 12.8 Å². The summed E-state index contributed by atoms with van der Waals surface area (Å²) in [6, 6.07) is 0. The average molecular weight is 200 g/mol. The molecule has 0 radical (unpaired) electrons. The van der Waals surface area contributed by atoms with Crippen molar-refractivity contribution >= 4 is 0 Å². The molecule has 0 atom stereocenters. The molecule has 0 spiro atoms. The third-order valence-corrected chi connectivity index (χ3v) is 3.64. The Morgan fingerprint density at radius 2 is 1.29 bits per heavy atom. The number of hydrogen-bond donors (Lipinski definition) is 2. The Balaban J connectivity index is 2.13. The highest BCUT2D eigenvalue weighted by Gasteiger charge is 2.35. The quantitative estimate of drug-likeness (QED) is 0.591. The zero-order valence-corrected chi connectivity index (χ0v) is 9.17. The van der Waals surface area contributed by atoms with Gasteiger partial charge >= 0.3 is 0 Å². The summed E-state index contributed by atoms with van der Waals surface area (Å²) in [4.78, 5) is 0. The normalized spacial score (nSPS) is 19.3. The number of aliphatic hydroxyl groups excluding tert-OH is 2. The fraction of sp³-hybridized carbons (Fsp3) is 1.00. The van der Waals surface area contributed by atoms with Gasteiger partial charge < -0.3 is 10.2 Å². The summed E-state index contributed by atoms with van der Waals surface area (Å²) < 4.78 is 0. The van der Waals surface area contributed by atoms with Crippen LogP contribution in [0.1, 0.15) is 57.8 Å². The first kappa shape index (κ1) is 12.0. The maximum atomic E-state index is 8.73. The molecule has 0 amide bonds. The average Bonchev–Trinajstić information content (AvgIpc) is 2.13. The number of hydrogen-bond acceptors (Lipinski definition) is 2. The van der Waals surface area contributed by atoms with E-state index >= 15 is 0 Å². The fourth-order valence-corrected chi connectivity index (χ4v) is 2.53. The molecule has 1 rings (SSSR count). The van der Waals surface area contributed by atoms with Crippen LogP contribution < -0.4 is 0 Å². The summed E-state index contributed by atoms with van der Waals surface area (Å²) in [6.45, 7) is 0.680. The second-order valence-electron chi connectivity index (χ2n) is 4.71. The van der Waals surface area contributed by atoms with Gasteiger partial charge in [-0.2, -0.15) is 0 Å². The highest BCUT2D eigenvalue weighted by Crippen LogP contribution is 2.48. The Kier molecular flexibility index (Phi) is 5.49. The summed E-state index contributed by atoms with van der Waals surface area (Å²) in [5.74, 6) is 0. The maximum Gasteiger partial charge on any atom is 0.0431 e. The molecule has 0 aliphatic heterocycles. The third-order valence-electron chi connectivity index (χ3n) is 3.64. The Labute approximate surface area is 87.3 Å². The Morgan fingerprint density at radius 3 is 1.57 bits per heavy atom. The van der Waals surface area contributed by atoms with E-state index < -0.39 is 0 Å². The van der Waals surface area contributed by atoms with Gasteiger partial charge in [-0.25, -0.2) is 0 Å². The van der Waals surface area contributed by atoms with Crippen molar-refractivity contribution in [2.24, 2.45) is 5.41 Å². The van der Waals surface area contributed by atoms with Crippen LogP contribution in [0.2, 0.25) is 0 Å². The van der Waals surface area contributed by atoms with Gasteiger partial charge in [0.05, 0.1) is 0 Å². The van der Waals surface area contributed by atoms with Crippen LogP contribution in [0.15, 0.2) is 0 Å². The zero-order chi connectivity index (χ0) is 10.3. The highest BCUT2D eigenvalue weighted by atomic mass is 16.3. The Bertz CT molecular complexity index is 129. The Morgan fingerprint density at radius 1 is 0.786 bits per heavy atom. The molecule has 84 valence electrons. The van der Waals surface area contributed by atoms with Crippen LogP contribution in [0, 0.1) is 5.41 Å². The van der Waals surface area contributed by atoms with Crippen LogP contribution in [-0.4, -0.2) is 23.4 Å². The first-order valence-electron chi connectivity index (χ1n) is 6.05. The van der Waals surface area contributed by atoms with Crippen molar-refractivity contribution in [2.45, 2.75) is 57.8 Å². The molecule has 1 aliphatic rings. The molecular weight excluding hydrogens is 176 g/mol. The second-order valence-corrected chi connectivity index (χ2v) is 4.71. The smallest absolute Gasteiger partial charge is 0.0431 e. The summed E-state index contributed by atoms with van der Waals surface area (Å²) in [5, 5.41) is 17.5. The van der Waals surface area contributed by atoms with E-state index in [-0.39, 0.29) is 0 Å². The minimum Gasteiger partial charge on any atom is -0.396 e. The van der Waals surface area contributed by atoms with Crippen LogP contribution in [0.25, 0.3) is 0 Å². The van der Waals surface area contributed by atoms with Crippen molar-refractivity contribution < 1.29 is 10.2 Å². The SMILES string of the molecule is OCCCCC1(CCCCO)CCC1. The summed E-state index contributed by atoms with van der Waals surface area (Å²) in [6.07, 6.45) is 11.0. The van der Waals surface area contributed by atoms with Crippen LogP contribution in [0.5, 0.6) is 0 Å². The second kappa shape index (κ2) is 6.41. The molecule has 0 saturated heterocycles. The van der Waals surface area contributed by atoms with Gasteiger partial charge in [0, 0.05) is 13.2 Å². The van der Waals surface area contributed by atoms with Gasteiger partial charge in [-0.1, -0.05) is 19.3 Å². The fourth-order valence-electron chi connectivity index (χ4n) is 2.53. The van der Waals surface area contributed by atoms with Crippen molar-refractivity contribution in [1.29, 1.82) is 0 Å². The number of rotatable bonds is 8. The van der Waals surface area contributed by atoms with Crippen LogP contribution in [-0.2, 0) is 0 Å². The lowest BCUT2D eigenvalue weighted by atomic mass is 9.63. The summed E-state index contributed by atoms with van der Waals surface area (Å²) in [7, 11) is 0. The lowest BCUT2D eigenvalue weighted by Crippen LogP contribution is -2.29. The highest BCUT2D eigenvalue weighted by molar-refractivity contribution is 4.87. The molecule has 2 nitrogen and oxygen atoms in total. The molecule has 0 bridgehead atoms. The molecule has 2 heteroatoms. The van der Waals surface area contributed by atoms with Gasteiger partial charge in [-0.15, -0.1) is 0 Å². The van der Waals surface area contributed by atoms with Crippen LogP contribution in [0.4, 0.5) is 0 Å². The lowest BCUT2D eigenvalue weighted by molar-refractivity contribution is 0.0930. The van der Waals surface area contributed by atoms with E-state index in [1.807, 2.05) is 0 Å². The van der Waals surface area contributed by atoms with Crippen LogP contribution >= 0.6 is 0 Å². The lowest BCUT2D eigenvalue weighted by Gasteiger charge is -2.42. The van der Waals surface area contributed by atoms with E-state index in [2.05, 4.69) is 0 Å². The van der Waals surface area contributed by atoms with Gasteiger partial charge in [-0.3, -0.25) is 0 Å². The summed E-state index contributed by atoms with van der Waals surface area (Å²) >= 11 is 0. The van der Waals surface area contributed by atoms with Crippen molar-refractivity contribution in [3.63, 3.8) is 0 Å². The molecule has 1 aliphatic carbocycles. The molecule has 2 N–H and O–H groups in total. The monoisotopic (exact) mass is 200 g/mol. The molecule has 0 aromatic carbocycles. The van der Waals surface area contributed by atoms with Crippen molar-refractivity contribution in [3.8, 4) is 0 Å². The molecule has 1 fully saturated rings. The van der Waals surface area contributed by atoms with E-state index in [1.165, 1.54) is 44.9 Å². The van der Waals surface area contributed by atoms with Gasteiger partial charge in [0.2, 0.25) is 0 Å². The zero-order valence-electron chi connectivity index (χ0n) is 9.17. The van der Waals surface area contributed by atoms with Crippen LogP contribution in [0.3, 0.4) is 0 Å². The summed E-state index contributed by atoms with van der Waals surface area (Å²) in [5.41, 5.74) is 0.602. The first-order chi connectivity index (χ1) is 6.83. The molecule has 14 heavy (non-hydrogen) atoms. The molecule has 0 aromatic rings. The Hall–Kier alpha value is -0.0800. The minimum atomic E-state index is 0.340. The molecule has 0 heterocycles. The van der Waals surface area contributed by atoms with E-state index in [4.69, 9.17) is 10.2 Å². The largest absolute Gasteiger partial charge is 0.396 e. The third kappa shape index (κ3) is 3.58. The van der Waals surface area contributed by atoms with Gasteiger partial charge in [0.15, 0.2) is 0 Å². The molecular formula is C12H24O2. The van der Waals surface area contributed by atoms with E-state index in [0.29, 0.717) is 18.6 Å². The predicted octanol–water partition coefficient (Wildman–Crippen LogP) is 2.48. The standard InChI is InChI=1S/C12H24O2/c13-10-3-1-6-12(8-5-9-12)7-2-4-11-14/h13-14H,1-11H2. The first-order valence-corrected chi connectivity index (χ1v) is 6.05. The van der Waals surface area contributed by atoms with E-state index in [1.54, 1.807) is 0 Å². The number of unbranched alkanes of at least 4 members (excludes halogenated alkanes) is 2. The minimum absolute atomic E-state index is 0.340. The van der Waals surface area contributed by atoms with Gasteiger partial charge in [0.1, 0.15) is 0 Å². The van der Waals surface area contributed by atoms with Crippen molar-refractivity contribution in [3.05, 3.63) is 0 Å². The molecule has 0 aromatic heterocycles. The van der Waals surface area contributed by atoms with Gasteiger partial charge in [0.25, 0.3) is 0 Å². The number of aliphatic hydroxyl groups is 2. The molecule has 1 saturated carbocycles. The van der Waals surface area contributed by atoms with E-state index in [9.17, 15) is 0 Å².